The van der Waals surface area contributed by atoms with Crippen molar-refractivity contribution in [1.29, 1.82) is 0 Å². The highest BCUT2D eigenvalue weighted by Crippen LogP contribution is 2.30. The van der Waals surface area contributed by atoms with Crippen molar-refractivity contribution in [2.24, 2.45) is 5.92 Å². The monoisotopic (exact) mass is 446 g/mol. The standard InChI is InChI=1S/C25H42N4O3/c1-25(2,3)32-24(31)28-21(19-10-6-4-7-11-19)14-15-23(30)29(18-22-26-16-17-27-22)20-12-8-5-9-13-20/h16-17,19-21H,4-15,18H2,1-3H3,(H,26,27)(H,28,31)/t21-/m0/s1. The molecule has 1 aromatic heterocycles. The molecule has 1 heterocycles. The average molecular weight is 447 g/mol. The van der Waals surface area contributed by atoms with Crippen molar-refractivity contribution in [3.8, 4) is 0 Å². The Labute approximate surface area is 193 Å². The van der Waals surface area contributed by atoms with Crippen LogP contribution < -0.4 is 5.32 Å². The second kappa shape index (κ2) is 11.7. The predicted octanol–water partition coefficient (Wildman–Crippen LogP) is 5.32. The van der Waals surface area contributed by atoms with E-state index < -0.39 is 5.60 Å². The molecule has 32 heavy (non-hydrogen) atoms. The normalized spacial score (nSPS) is 19.3. The van der Waals surface area contributed by atoms with Gasteiger partial charge in [-0.05, 0) is 58.8 Å². The average Bonchev–Trinajstić information content (AvgIpc) is 3.28. The van der Waals surface area contributed by atoms with E-state index in [-0.39, 0.29) is 24.1 Å². The Kier molecular flexibility index (Phi) is 9.00. The number of carbonyl (C=O) groups excluding carboxylic acids is 2. The van der Waals surface area contributed by atoms with Crippen LogP contribution in [0.1, 0.15) is 104 Å². The lowest BCUT2D eigenvalue weighted by Crippen LogP contribution is -2.45. The van der Waals surface area contributed by atoms with Crippen LogP contribution in [0.15, 0.2) is 12.4 Å². The van der Waals surface area contributed by atoms with Crippen molar-refractivity contribution in [2.45, 2.75) is 122 Å². The number of nitrogens with one attached hydrogen (secondary N) is 2. The maximum atomic E-state index is 13.4. The molecule has 1 atom stereocenters. The number of alkyl carbamates (subject to hydrolysis) is 1. The van der Waals surface area contributed by atoms with Gasteiger partial charge in [0, 0.05) is 30.9 Å². The van der Waals surface area contributed by atoms with Crippen LogP contribution in [0.3, 0.4) is 0 Å². The molecule has 2 saturated carbocycles. The molecule has 0 radical (unpaired) electrons. The van der Waals surface area contributed by atoms with Gasteiger partial charge in [-0.2, -0.15) is 0 Å². The van der Waals surface area contributed by atoms with E-state index in [1.165, 1.54) is 38.5 Å². The fraction of sp³-hybridized carbons (Fsp3) is 0.800. The van der Waals surface area contributed by atoms with Gasteiger partial charge in [-0.3, -0.25) is 4.79 Å². The van der Waals surface area contributed by atoms with Crippen molar-refractivity contribution in [3.05, 3.63) is 18.2 Å². The number of ether oxygens (including phenoxy) is 1. The first kappa shape index (κ1) is 24.6. The van der Waals surface area contributed by atoms with Gasteiger partial charge in [-0.15, -0.1) is 0 Å². The Morgan fingerprint density at radius 2 is 1.78 bits per heavy atom. The van der Waals surface area contributed by atoms with E-state index in [0.717, 1.165) is 31.5 Å². The fourth-order valence-corrected chi connectivity index (χ4v) is 5.20. The molecule has 0 saturated heterocycles. The number of rotatable bonds is 8. The number of aromatic nitrogens is 2. The van der Waals surface area contributed by atoms with Crippen molar-refractivity contribution < 1.29 is 14.3 Å². The molecule has 180 valence electrons. The maximum Gasteiger partial charge on any atom is 0.407 e. The summed E-state index contributed by atoms with van der Waals surface area (Å²) < 4.78 is 5.52. The molecule has 2 aliphatic rings. The second-order valence-electron chi connectivity index (χ2n) is 10.5. The molecule has 0 spiro atoms. The Morgan fingerprint density at radius 3 is 2.38 bits per heavy atom. The van der Waals surface area contributed by atoms with Gasteiger partial charge in [0.15, 0.2) is 0 Å². The summed E-state index contributed by atoms with van der Waals surface area (Å²) in [6.45, 7) is 6.16. The fourth-order valence-electron chi connectivity index (χ4n) is 5.20. The molecule has 7 heteroatoms. The van der Waals surface area contributed by atoms with E-state index in [0.29, 0.717) is 25.3 Å². The summed E-state index contributed by atoms with van der Waals surface area (Å²) >= 11 is 0. The number of aromatic amines is 1. The van der Waals surface area contributed by atoms with Gasteiger partial charge in [-0.1, -0.05) is 38.5 Å². The number of H-pyrrole nitrogens is 1. The lowest BCUT2D eigenvalue weighted by Gasteiger charge is -2.35. The Bertz CT molecular complexity index is 701. The molecule has 2 aliphatic carbocycles. The smallest absolute Gasteiger partial charge is 0.407 e. The van der Waals surface area contributed by atoms with Crippen LogP contribution in [0.4, 0.5) is 4.79 Å². The molecule has 0 aliphatic heterocycles. The number of carbonyl (C=O) groups is 2. The van der Waals surface area contributed by atoms with Gasteiger partial charge in [0.1, 0.15) is 11.4 Å². The molecular weight excluding hydrogens is 404 g/mol. The van der Waals surface area contributed by atoms with Crippen LogP contribution in [-0.2, 0) is 16.1 Å². The third kappa shape index (κ3) is 7.82. The highest BCUT2D eigenvalue weighted by Gasteiger charge is 2.30. The first-order valence-corrected chi connectivity index (χ1v) is 12.6. The molecular formula is C25H42N4O3. The quantitative estimate of drug-likeness (QED) is 0.565. The van der Waals surface area contributed by atoms with E-state index in [1.54, 1.807) is 6.20 Å². The van der Waals surface area contributed by atoms with Crippen LogP contribution in [0, 0.1) is 5.92 Å². The van der Waals surface area contributed by atoms with E-state index in [2.05, 4.69) is 15.3 Å². The largest absolute Gasteiger partial charge is 0.444 e. The molecule has 0 aromatic carbocycles. The van der Waals surface area contributed by atoms with Crippen LogP contribution in [0.25, 0.3) is 0 Å². The first-order valence-electron chi connectivity index (χ1n) is 12.6. The molecule has 0 bridgehead atoms. The molecule has 0 unspecified atom stereocenters. The summed E-state index contributed by atoms with van der Waals surface area (Å²) in [5.41, 5.74) is -0.530. The van der Waals surface area contributed by atoms with Gasteiger partial charge in [0.2, 0.25) is 5.91 Å². The van der Waals surface area contributed by atoms with E-state index in [1.807, 2.05) is 31.9 Å². The van der Waals surface area contributed by atoms with Crippen LogP contribution in [-0.4, -0.2) is 44.6 Å². The number of amides is 2. The minimum absolute atomic E-state index is 0.0223. The lowest BCUT2D eigenvalue weighted by atomic mass is 9.82. The minimum atomic E-state index is -0.530. The number of hydrogen-bond acceptors (Lipinski definition) is 4. The van der Waals surface area contributed by atoms with Gasteiger partial charge in [0.05, 0.1) is 6.54 Å². The Balaban J connectivity index is 1.64. The van der Waals surface area contributed by atoms with Crippen molar-refractivity contribution in [2.75, 3.05) is 0 Å². The molecule has 7 nitrogen and oxygen atoms in total. The molecule has 3 rings (SSSR count). The first-order chi connectivity index (χ1) is 15.3. The second-order valence-corrected chi connectivity index (χ2v) is 10.5. The van der Waals surface area contributed by atoms with Crippen LogP contribution >= 0.6 is 0 Å². The van der Waals surface area contributed by atoms with Crippen molar-refractivity contribution >= 4 is 12.0 Å². The maximum absolute atomic E-state index is 13.4. The number of imidazole rings is 1. The van der Waals surface area contributed by atoms with Crippen molar-refractivity contribution in [3.63, 3.8) is 0 Å². The lowest BCUT2D eigenvalue weighted by molar-refractivity contribution is -0.135. The predicted molar refractivity (Wildman–Crippen MR) is 125 cm³/mol. The van der Waals surface area contributed by atoms with E-state index >= 15 is 0 Å². The zero-order chi connectivity index (χ0) is 23.0. The van der Waals surface area contributed by atoms with E-state index in [4.69, 9.17) is 4.74 Å². The van der Waals surface area contributed by atoms with E-state index in [9.17, 15) is 9.59 Å². The zero-order valence-corrected chi connectivity index (χ0v) is 20.2. The van der Waals surface area contributed by atoms with Crippen LogP contribution in [0.5, 0.6) is 0 Å². The van der Waals surface area contributed by atoms with Crippen LogP contribution in [0.2, 0.25) is 0 Å². The summed E-state index contributed by atoms with van der Waals surface area (Å²) in [5.74, 6) is 1.41. The number of nitrogens with zero attached hydrogens (tertiary/aromatic N) is 2. The number of hydrogen-bond donors (Lipinski definition) is 2. The molecule has 1 aromatic rings. The van der Waals surface area contributed by atoms with Gasteiger partial charge in [-0.25, -0.2) is 9.78 Å². The SMILES string of the molecule is CC(C)(C)OC(=O)N[C@@H](CCC(=O)N(Cc1ncc[nH]1)C1CCCCC1)C1CCCCC1. The summed E-state index contributed by atoms with van der Waals surface area (Å²) in [6, 6.07) is 0.263. The molecule has 2 N–H and O–H groups in total. The van der Waals surface area contributed by atoms with Gasteiger partial charge < -0.3 is 19.9 Å². The third-order valence-corrected chi connectivity index (χ3v) is 6.80. The Morgan fingerprint density at radius 1 is 1.12 bits per heavy atom. The summed E-state index contributed by atoms with van der Waals surface area (Å²) in [7, 11) is 0. The zero-order valence-electron chi connectivity index (χ0n) is 20.2. The van der Waals surface area contributed by atoms with Gasteiger partial charge >= 0.3 is 6.09 Å². The molecule has 2 fully saturated rings. The topological polar surface area (TPSA) is 87.3 Å². The molecule has 2 amide bonds. The third-order valence-electron chi connectivity index (χ3n) is 6.80. The highest BCUT2D eigenvalue weighted by atomic mass is 16.6. The minimum Gasteiger partial charge on any atom is -0.444 e. The highest BCUT2D eigenvalue weighted by molar-refractivity contribution is 5.76. The summed E-state index contributed by atoms with van der Waals surface area (Å²) in [6.07, 6.45) is 15.9. The summed E-state index contributed by atoms with van der Waals surface area (Å²) in [4.78, 5) is 35.4. The summed E-state index contributed by atoms with van der Waals surface area (Å²) in [5, 5.41) is 3.11. The van der Waals surface area contributed by atoms with Crippen molar-refractivity contribution in [1.82, 2.24) is 20.2 Å². The Hall–Kier alpha value is -2.05. The van der Waals surface area contributed by atoms with Gasteiger partial charge in [0.25, 0.3) is 0 Å².